The van der Waals surface area contributed by atoms with Gasteiger partial charge in [0, 0.05) is 10.9 Å². The van der Waals surface area contributed by atoms with Crippen LogP contribution in [0, 0.1) is 11.6 Å². The highest BCUT2D eigenvalue weighted by Gasteiger charge is 2.11. The topological polar surface area (TPSA) is 55.4 Å². The second kappa shape index (κ2) is 6.94. The van der Waals surface area contributed by atoms with Gasteiger partial charge < -0.3 is 10.1 Å². The number of nitrogens with one attached hydrogen (secondary N) is 1. The van der Waals surface area contributed by atoms with Gasteiger partial charge >= 0.3 is 5.97 Å². The van der Waals surface area contributed by atoms with Crippen LogP contribution in [0.5, 0.6) is 0 Å². The van der Waals surface area contributed by atoms with Crippen LogP contribution in [0.4, 0.5) is 14.5 Å². The highest BCUT2D eigenvalue weighted by molar-refractivity contribution is 7.10. The zero-order valence-corrected chi connectivity index (χ0v) is 11.6. The molecular formula is C14H11F2NO3S. The summed E-state index contributed by atoms with van der Waals surface area (Å²) < 4.78 is 31.0. The molecule has 0 fully saturated rings. The van der Waals surface area contributed by atoms with Crippen LogP contribution in [0.2, 0.25) is 0 Å². The van der Waals surface area contributed by atoms with Crippen LogP contribution in [0.25, 0.3) is 0 Å². The monoisotopic (exact) mass is 311 g/mol. The molecule has 1 heterocycles. The lowest BCUT2D eigenvalue weighted by Crippen LogP contribution is -2.22. The molecule has 0 unspecified atom stereocenters. The quantitative estimate of drug-likeness (QED) is 0.864. The largest absolute Gasteiger partial charge is 0.455 e. The van der Waals surface area contributed by atoms with E-state index < -0.39 is 30.1 Å². The Hall–Kier alpha value is -2.28. The van der Waals surface area contributed by atoms with E-state index in [-0.39, 0.29) is 12.1 Å². The Kier molecular flexibility index (Phi) is 4.99. The van der Waals surface area contributed by atoms with Gasteiger partial charge in [-0.25, -0.2) is 8.78 Å². The molecular weight excluding hydrogens is 300 g/mol. The molecule has 4 nitrogen and oxygen atoms in total. The second-order valence-electron chi connectivity index (χ2n) is 4.09. The molecule has 0 radical (unpaired) electrons. The number of carbonyl (C=O) groups excluding carboxylic acids is 2. The first kappa shape index (κ1) is 15.1. The summed E-state index contributed by atoms with van der Waals surface area (Å²) >= 11 is 1.40. The molecule has 2 rings (SSSR count). The van der Waals surface area contributed by atoms with Gasteiger partial charge in [0.1, 0.15) is 11.6 Å². The van der Waals surface area contributed by atoms with E-state index in [0.717, 1.165) is 23.1 Å². The highest BCUT2D eigenvalue weighted by Crippen LogP contribution is 2.15. The molecule has 0 bridgehead atoms. The van der Waals surface area contributed by atoms with E-state index in [1.165, 1.54) is 11.3 Å². The van der Waals surface area contributed by atoms with E-state index in [9.17, 15) is 18.4 Å². The molecule has 0 saturated heterocycles. The first-order chi connectivity index (χ1) is 10.0. The number of hydrogen-bond acceptors (Lipinski definition) is 4. The third-order valence-electron chi connectivity index (χ3n) is 2.47. The zero-order valence-electron chi connectivity index (χ0n) is 10.8. The van der Waals surface area contributed by atoms with Crippen LogP contribution in [0.1, 0.15) is 4.88 Å². The van der Waals surface area contributed by atoms with Crippen LogP contribution in [0.15, 0.2) is 35.7 Å². The summed E-state index contributed by atoms with van der Waals surface area (Å²) in [5.41, 5.74) is -0.297. The van der Waals surface area contributed by atoms with Gasteiger partial charge in [-0.15, -0.1) is 11.3 Å². The van der Waals surface area contributed by atoms with Crippen molar-refractivity contribution >= 4 is 28.9 Å². The van der Waals surface area contributed by atoms with Crippen LogP contribution < -0.4 is 5.32 Å². The number of hydrogen-bond donors (Lipinski definition) is 1. The molecule has 2 aromatic rings. The van der Waals surface area contributed by atoms with Gasteiger partial charge in [0.25, 0.3) is 5.91 Å². The molecule has 0 spiro atoms. The third kappa shape index (κ3) is 4.64. The van der Waals surface area contributed by atoms with Crippen LogP contribution >= 0.6 is 11.3 Å². The lowest BCUT2D eigenvalue weighted by molar-refractivity contribution is -0.146. The van der Waals surface area contributed by atoms with Crippen LogP contribution in [0.3, 0.4) is 0 Å². The van der Waals surface area contributed by atoms with Gasteiger partial charge in [0.15, 0.2) is 6.61 Å². The molecule has 1 N–H and O–H groups in total. The average molecular weight is 311 g/mol. The van der Waals surface area contributed by atoms with E-state index in [1.54, 1.807) is 12.1 Å². The minimum atomic E-state index is -0.769. The molecule has 0 aliphatic heterocycles. The van der Waals surface area contributed by atoms with Crippen molar-refractivity contribution in [2.24, 2.45) is 0 Å². The van der Waals surface area contributed by atoms with Gasteiger partial charge in [-0.05, 0) is 23.6 Å². The third-order valence-corrected chi connectivity index (χ3v) is 3.34. The standard InChI is InChI=1S/C14H11F2NO3S/c15-9-3-4-11(16)12(6-9)17-13(18)8-20-14(19)7-10-2-1-5-21-10/h1-6H,7-8H2,(H,17,18). The number of thiophene rings is 1. The Morgan fingerprint density at radius 2 is 2.05 bits per heavy atom. The van der Waals surface area contributed by atoms with Crippen LogP contribution in [-0.4, -0.2) is 18.5 Å². The molecule has 0 atom stereocenters. The van der Waals surface area contributed by atoms with E-state index >= 15 is 0 Å². The SMILES string of the molecule is O=C(COC(=O)Cc1cccs1)Nc1cc(F)ccc1F. The Labute approximate surface area is 123 Å². The number of rotatable bonds is 5. The molecule has 1 aromatic heterocycles. The molecule has 0 aliphatic carbocycles. The number of ether oxygens (including phenoxy) is 1. The van der Waals surface area contributed by atoms with Crippen molar-refractivity contribution in [3.8, 4) is 0 Å². The van der Waals surface area contributed by atoms with E-state index in [1.807, 2.05) is 5.38 Å². The lowest BCUT2D eigenvalue weighted by atomic mass is 10.3. The number of amides is 1. The minimum Gasteiger partial charge on any atom is -0.455 e. The number of halogens is 2. The smallest absolute Gasteiger partial charge is 0.311 e. The summed E-state index contributed by atoms with van der Waals surface area (Å²) in [5, 5.41) is 3.96. The molecule has 1 aromatic carbocycles. The maximum absolute atomic E-state index is 13.3. The first-order valence-electron chi connectivity index (χ1n) is 5.97. The van der Waals surface area contributed by atoms with E-state index in [4.69, 9.17) is 4.74 Å². The fourth-order valence-electron chi connectivity index (χ4n) is 1.53. The molecule has 0 saturated carbocycles. The minimum absolute atomic E-state index is 0.0687. The zero-order chi connectivity index (χ0) is 15.2. The number of esters is 1. The molecule has 7 heteroatoms. The summed E-state index contributed by atoms with van der Waals surface area (Å²) in [4.78, 5) is 23.8. The van der Waals surface area contributed by atoms with Crippen molar-refractivity contribution in [1.82, 2.24) is 0 Å². The lowest BCUT2D eigenvalue weighted by Gasteiger charge is -2.07. The van der Waals surface area contributed by atoms with Crippen molar-refractivity contribution in [2.45, 2.75) is 6.42 Å². The Morgan fingerprint density at radius 1 is 1.24 bits per heavy atom. The first-order valence-corrected chi connectivity index (χ1v) is 6.85. The predicted molar refractivity (Wildman–Crippen MR) is 74.0 cm³/mol. The van der Waals surface area contributed by atoms with Gasteiger partial charge in [-0.2, -0.15) is 0 Å². The summed E-state index contributed by atoms with van der Waals surface area (Å²) in [6, 6.07) is 6.25. The maximum atomic E-state index is 13.3. The Balaban J connectivity index is 1.82. The summed E-state index contributed by atoms with van der Waals surface area (Å²) in [7, 11) is 0. The van der Waals surface area contributed by atoms with Crippen molar-refractivity contribution in [3.05, 3.63) is 52.2 Å². The van der Waals surface area contributed by atoms with Gasteiger partial charge in [0.05, 0.1) is 12.1 Å². The summed E-state index contributed by atoms with van der Waals surface area (Å²) in [6.45, 7) is -0.555. The summed E-state index contributed by atoms with van der Waals surface area (Å²) in [5.74, 6) is -2.75. The maximum Gasteiger partial charge on any atom is 0.311 e. The molecule has 1 amide bonds. The predicted octanol–water partition coefficient (Wildman–Crippen LogP) is 2.75. The van der Waals surface area contributed by atoms with E-state index in [2.05, 4.69) is 5.32 Å². The van der Waals surface area contributed by atoms with Crippen molar-refractivity contribution in [1.29, 1.82) is 0 Å². The number of benzene rings is 1. The average Bonchev–Trinajstić information content (AvgIpc) is 2.93. The summed E-state index contributed by atoms with van der Waals surface area (Å²) in [6.07, 6.45) is 0.0687. The molecule has 21 heavy (non-hydrogen) atoms. The van der Waals surface area contributed by atoms with E-state index in [0.29, 0.717) is 0 Å². The van der Waals surface area contributed by atoms with Crippen molar-refractivity contribution < 1.29 is 23.1 Å². The van der Waals surface area contributed by atoms with Gasteiger partial charge in [-0.1, -0.05) is 6.07 Å². The molecule has 110 valence electrons. The van der Waals surface area contributed by atoms with Gasteiger partial charge in [0.2, 0.25) is 0 Å². The van der Waals surface area contributed by atoms with Crippen LogP contribution in [-0.2, 0) is 20.7 Å². The normalized spacial score (nSPS) is 10.2. The van der Waals surface area contributed by atoms with Crippen molar-refractivity contribution in [2.75, 3.05) is 11.9 Å². The number of carbonyl (C=O) groups is 2. The second-order valence-corrected chi connectivity index (χ2v) is 5.12. The number of anilines is 1. The van der Waals surface area contributed by atoms with Gasteiger partial charge in [-0.3, -0.25) is 9.59 Å². The van der Waals surface area contributed by atoms with Crippen molar-refractivity contribution in [3.63, 3.8) is 0 Å². The fourth-order valence-corrected chi connectivity index (χ4v) is 2.22. The fraction of sp³-hybridized carbons (Fsp3) is 0.143. The molecule has 0 aliphatic rings. The Morgan fingerprint density at radius 3 is 2.76 bits per heavy atom. The highest BCUT2D eigenvalue weighted by atomic mass is 32.1. The Bertz CT molecular complexity index is 644.